The first-order chi connectivity index (χ1) is 26.8. The van der Waals surface area contributed by atoms with Crippen LogP contribution >= 0.6 is 11.6 Å². The molecule has 1 saturated heterocycles. The summed E-state index contributed by atoms with van der Waals surface area (Å²) < 4.78 is 73.2. The number of fused-ring (bicyclic) bond motifs is 1. The van der Waals surface area contributed by atoms with Gasteiger partial charge in [0.1, 0.15) is 23.6 Å². The first-order valence-electron chi connectivity index (χ1n) is 18.7. The average molecular weight is 825 g/mol. The first kappa shape index (κ1) is 40.4. The number of nitriles is 1. The molecule has 1 unspecified atom stereocenters. The molecule has 2 bridgehead atoms. The predicted octanol–water partition coefficient (Wildman–Crippen LogP) is 6.02. The molecule has 302 valence electrons. The molecule has 57 heavy (non-hydrogen) atoms. The molecule has 0 radical (unpaired) electrons. The second-order valence-corrected chi connectivity index (χ2v) is 18.5. The van der Waals surface area contributed by atoms with E-state index in [9.17, 15) is 36.8 Å². The molecule has 1 atom stereocenters. The van der Waals surface area contributed by atoms with Gasteiger partial charge in [0.15, 0.2) is 5.75 Å². The van der Waals surface area contributed by atoms with Gasteiger partial charge in [0.05, 0.1) is 36.7 Å². The summed E-state index contributed by atoms with van der Waals surface area (Å²) in [5.41, 5.74) is 1.84. The fourth-order valence-corrected chi connectivity index (χ4v) is 9.87. The predicted molar refractivity (Wildman–Crippen MR) is 205 cm³/mol. The molecule has 3 aromatic carbocycles. The molecule has 12 nitrogen and oxygen atoms in total. The SMILES string of the molecule is CC(C)(c1ccc(OCC23CC(NS(C)(=O)=O)(C2)C3)cc1)c1cc(Cl)c(OCCC(F)(F)CCOc2ccc3c(c2)CN(C2CCC(=O)NC2=O)C3=O)c(C#N)c1. The summed E-state index contributed by atoms with van der Waals surface area (Å²) >= 11 is 6.60. The number of imide groups is 1. The van der Waals surface area contributed by atoms with Gasteiger partial charge in [0.25, 0.3) is 11.8 Å². The number of hydrogen-bond donors (Lipinski definition) is 2. The fraction of sp³-hybridized carbons (Fsp3) is 0.463. The van der Waals surface area contributed by atoms with Crippen molar-refractivity contribution in [1.29, 1.82) is 5.26 Å². The van der Waals surface area contributed by atoms with E-state index < -0.39 is 52.8 Å². The Morgan fingerprint density at radius 1 is 0.965 bits per heavy atom. The number of carbonyl (C=O) groups is 3. The highest BCUT2D eigenvalue weighted by Gasteiger charge is 2.69. The van der Waals surface area contributed by atoms with Crippen LogP contribution in [0.2, 0.25) is 5.02 Å². The summed E-state index contributed by atoms with van der Waals surface area (Å²) in [5.74, 6) is -3.39. The number of hydrogen-bond acceptors (Lipinski definition) is 9. The maximum Gasteiger partial charge on any atom is 0.255 e. The van der Waals surface area contributed by atoms with Crippen molar-refractivity contribution in [3.8, 4) is 23.3 Å². The number of carbonyl (C=O) groups excluding carboxylic acids is 3. The lowest BCUT2D eigenvalue weighted by atomic mass is 9.40. The number of alkyl halides is 2. The lowest BCUT2D eigenvalue weighted by Gasteiger charge is -2.69. The van der Waals surface area contributed by atoms with Gasteiger partial charge >= 0.3 is 0 Å². The molecule has 2 heterocycles. The van der Waals surface area contributed by atoms with Gasteiger partial charge in [-0.25, -0.2) is 21.9 Å². The van der Waals surface area contributed by atoms with Gasteiger partial charge in [-0.3, -0.25) is 19.7 Å². The molecular formula is C41H43ClF2N4O8S. The van der Waals surface area contributed by atoms with E-state index in [-0.39, 0.29) is 65.1 Å². The van der Waals surface area contributed by atoms with E-state index in [1.807, 2.05) is 38.1 Å². The van der Waals surface area contributed by atoms with Crippen molar-refractivity contribution in [3.05, 3.63) is 87.4 Å². The minimum absolute atomic E-state index is 0.00443. The summed E-state index contributed by atoms with van der Waals surface area (Å²) in [5, 5.41) is 12.3. The van der Waals surface area contributed by atoms with Gasteiger partial charge in [-0.2, -0.15) is 5.26 Å². The Bertz CT molecular complexity index is 2260. The normalized spacial score (nSPS) is 22.9. The van der Waals surface area contributed by atoms with Crippen LogP contribution in [-0.4, -0.2) is 74.6 Å². The maximum atomic E-state index is 14.9. The van der Waals surface area contributed by atoms with Crippen LogP contribution in [0.4, 0.5) is 8.78 Å². The molecule has 3 amide bonds. The highest BCUT2D eigenvalue weighted by atomic mass is 35.5. The molecule has 0 spiro atoms. The number of ether oxygens (including phenoxy) is 3. The Balaban J connectivity index is 0.888. The van der Waals surface area contributed by atoms with E-state index in [2.05, 4.69) is 16.1 Å². The van der Waals surface area contributed by atoms with Gasteiger partial charge in [0, 0.05) is 47.7 Å². The zero-order chi connectivity index (χ0) is 41.0. The van der Waals surface area contributed by atoms with Gasteiger partial charge in [-0.05, 0) is 84.8 Å². The Morgan fingerprint density at radius 2 is 1.63 bits per heavy atom. The highest BCUT2D eigenvalue weighted by Crippen LogP contribution is 2.67. The summed E-state index contributed by atoms with van der Waals surface area (Å²) in [6, 6.07) is 16.9. The topological polar surface area (TPSA) is 164 Å². The maximum absolute atomic E-state index is 14.9. The number of halogens is 3. The smallest absolute Gasteiger partial charge is 0.255 e. The monoisotopic (exact) mass is 824 g/mol. The molecule has 8 rings (SSSR count). The number of benzene rings is 3. The Morgan fingerprint density at radius 3 is 2.28 bits per heavy atom. The van der Waals surface area contributed by atoms with Crippen molar-refractivity contribution in [2.24, 2.45) is 5.41 Å². The Labute approximate surface area is 334 Å². The molecule has 5 aliphatic rings. The van der Waals surface area contributed by atoms with Gasteiger partial charge in [-0.1, -0.05) is 37.6 Å². The third kappa shape index (κ3) is 8.44. The van der Waals surface area contributed by atoms with E-state index in [0.29, 0.717) is 29.2 Å². The number of rotatable bonds is 16. The van der Waals surface area contributed by atoms with Crippen molar-refractivity contribution in [2.75, 3.05) is 26.1 Å². The Hall–Kier alpha value is -4.78. The highest BCUT2D eigenvalue weighted by molar-refractivity contribution is 7.88. The first-order valence-corrected chi connectivity index (χ1v) is 20.9. The number of nitrogens with one attached hydrogen (secondary N) is 2. The minimum Gasteiger partial charge on any atom is -0.493 e. The molecule has 2 N–H and O–H groups in total. The zero-order valence-corrected chi connectivity index (χ0v) is 33.3. The number of piperidine rings is 1. The van der Waals surface area contributed by atoms with E-state index in [1.54, 1.807) is 24.3 Å². The fourth-order valence-electron chi connectivity index (χ4n) is 8.59. The van der Waals surface area contributed by atoms with Gasteiger partial charge in [0.2, 0.25) is 21.8 Å². The van der Waals surface area contributed by atoms with E-state index in [4.69, 9.17) is 25.8 Å². The van der Waals surface area contributed by atoms with Crippen molar-refractivity contribution >= 4 is 39.3 Å². The molecule has 3 saturated carbocycles. The third-order valence-corrected chi connectivity index (χ3v) is 12.6. The van der Waals surface area contributed by atoms with Crippen LogP contribution < -0.4 is 24.2 Å². The summed E-state index contributed by atoms with van der Waals surface area (Å²) in [6.07, 6.45) is 2.56. The van der Waals surface area contributed by atoms with Crippen LogP contribution in [0.25, 0.3) is 0 Å². The van der Waals surface area contributed by atoms with Crippen molar-refractivity contribution in [1.82, 2.24) is 14.9 Å². The van der Waals surface area contributed by atoms with Gasteiger partial charge < -0.3 is 19.1 Å². The van der Waals surface area contributed by atoms with Crippen LogP contribution in [0.1, 0.15) is 91.4 Å². The number of amides is 3. The Kier molecular flexibility index (Phi) is 10.5. The molecule has 3 aliphatic carbocycles. The average Bonchev–Trinajstić information content (AvgIpc) is 3.43. The molecule has 3 aromatic rings. The molecular weight excluding hydrogens is 782 g/mol. The lowest BCUT2D eigenvalue weighted by molar-refractivity contribution is -0.162. The quantitative estimate of drug-likeness (QED) is 0.164. The van der Waals surface area contributed by atoms with Crippen molar-refractivity contribution in [3.63, 3.8) is 0 Å². The number of nitrogens with zero attached hydrogens (tertiary/aromatic N) is 2. The summed E-state index contributed by atoms with van der Waals surface area (Å²) in [6.45, 7) is 3.88. The van der Waals surface area contributed by atoms with Gasteiger partial charge in [-0.15, -0.1) is 0 Å². The van der Waals surface area contributed by atoms with E-state index in [1.165, 1.54) is 17.2 Å². The molecule has 4 fully saturated rings. The summed E-state index contributed by atoms with van der Waals surface area (Å²) in [4.78, 5) is 38.2. The molecule has 0 aromatic heterocycles. The zero-order valence-electron chi connectivity index (χ0n) is 31.8. The van der Waals surface area contributed by atoms with E-state index in [0.717, 1.165) is 30.4 Å². The number of sulfonamides is 1. The summed E-state index contributed by atoms with van der Waals surface area (Å²) in [7, 11) is -3.25. The minimum atomic E-state index is -3.25. The second kappa shape index (κ2) is 14.9. The second-order valence-electron chi connectivity index (χ2n) is 16.3. The lowest BCUT2D eigenvalue weighted by Crippen LogP contribution is -2.76. The van der Waals surface area contributed by atoms with Crippen LogP contribution in [0, 0.1) is 16.7 Å². The van der Waals surface area contributed by atoms with Crippen LogP contribution in [0.15, 0.2) is 54.6 Å². The largest absolute Gasteiger partial charge is 0.493 e. The standard InChI is InChI=1S/C41H43ClF2N4O8S/c1-38(2,27-4-6-29(7-5-27)56-24-39-21-40(22-39,23-39)47-57(3,52)53)28-16-25(19-45)35(32(42)18-28)55-15-13-41(43,44)12-14-54-30-8-9-31-26(17-30)20-48(37(31)51)33-10-11-34(49)46-36(33)50/h4-9,16-18,33,47H,10-15,20-24H2,1-3H3,(H,46,49,50). The van der Waals surface area contributed by atoms with Crippen molar-refractivity contribution in [2.45, 2.75) is 88.3 Å². The van der Waals surface area contributed by atoms with Crippen molar-refractivity contribution < 1.29 is 45.8 Å². The van der Waals surface area contributed by atoms with Crippen LogP contribution in [0.3, 0.4) is 0 Å². The van der Waals surface area contributed by atoms with Crippen LogP contribution in [-0.2, 0) is 31.6 Å². The molecule has 2 aliphatic heterocycles. The van der Waals surface area contributed by atoms with E-state index >= 15 is 0 Å². The third-order valence-electron chi connectivity index (χ3n) is 11.5. The molecule has 16 heteroatoms. The van der Waals surface area contributed by atoms with Crippen LogP contribution in [0.5, 0.6) is 17.2 Å².